The molecule has 0 atom stereocenters. The third kappa shape index (κ3) is 6.75. The quantitative estimate of drug-likeness (QED) is 0.142. The summed E-state index contributed by atoms with van der Waals surface area (Å²) >= 11 is 0. The monoisotopic (exact) mass is 922 g/mol. The molecule has 2 aromatic heterocycles. The largest absolute Gasteiger partial charge is 0.455 e. The lowest BCUT2D eigenvalue weighted by Gasteiger charge is -2.32. The van der Waals surface area contributed by atoms with Crippen LogP contribution in [0.5, 0.6) is 0 Å². The predicted octanol–water partition coefficient (Wildman–Crippen LogP) is 19.8. The van der Waals surface area contributed by atoms with Crippen LogP contribution in [-0.4, -0.2) is 0 Å². The molecule has 0 unspecified atom stereocenters. The second-order valence-electron chi connectivity index (χ2n) is 19.0. The van der Waals surface area contributed by atoms with Gasteiger partial charge >= 0.3 is 0 Å². The van der Waals surface area contributed by atoms with Crippen LogP contribution in [-0.2, 0) is 0 Å². The zero-order valence-electron chi connectivity index (χ0n) is 39.8. The highest BCUT2D eigenvalue weighted by Gasteiger charge is 2.26. The molecule has 0 fully saturated rings. The Hall–Kier alpha value is -9.38. The molecule has 2 heterocycles. The normalized spacial score (nSPS) is 11.8. The molecule has 0 radical (unpaired) electrons. The minimum absolute atomic E-state index is 0.887. The second kappa shape index (κ2) is 16.6. The third-order valence-corrected chi connectivity index (χ3v) is 14.4. The zero-order valence-corrected chi connectivity index (χ0v) is 39.8. The lowest BCUT2D eigenvalue weighted by atomic mass is 9.93. The van der Waals surface area contributed by atoms with Crippen molar-refractivity contribution in [3.05, 3.63) is 254 Å². The Morgan fingerprint density at radius 3 is 1.08 bits per heavy atom. The minimum atomic E-state index is 0.887. The molecule has 4 nitrogen and oxygen atoms in total. The molecule has 0 saturated heterocycles. The number of rotatable bonds is 8. The van der Waals surface area contributed by atoms with Gasteiger partial charge in [-0.3, -0.25) is 0 Å². The van der Waals surface area contributed by atoms with Crippen molar-refractivity contribution in [3.63, 3.8) is 0 Å². The van der Waals surface area contributed by atoms with Gasteiger partial charge in [0.15, 0.2) is 0 Å². The SMILES string of the molecule is Cc1cccc(N(c2cccc(-c3cccc4c3oc3ccccc34)c2)c2c3ccccc3cc3c(N(c4cccc(C)c4)c4cccc(-c5cccc6c5oc5ccccc56)c4)c4ccccc4cc23)c1. The second-order valence-corrected chi connectivity index (χ2v) is 19.0. The van der Waals surface area contributed by atoms with Gasteiger partial charge in [-0.25, -0.2) is 0 Å². The summed E-state index contributed by atoms with van der Waals surface area (Å²) < 4.78 is 13.3. The van der Waals surface area contributed by atoms with E-state index in [1.54, 1.807) is 0 Å². The molecule has 0 bridgehead atoms. The van der Waals surface area contributed by atoms with Gasteiger partial charge in [0.25, 0.3) is 0 Å². The summed E-state index contributed by atoms with van der Waals surface area (Å²) in [4.78, 5) is 4.95. The number of hydrogen-bond donors (Lipinski definition) is 0. The molecule has 14 rings (SSSR count). The molecular formula is C68H46N2O2. The highest BCUT2D eigenvalue weighted by atomic mass is 16.3. The van der Waals surface area contributed by atoms with E-state index in [0.717, 1.165) is 133 Å². The van der Waals surface area contributed by atoms with Crippen molar-refractivity contribution in [2.24, 2.45) is 0 Å². The minimum Gasteiger partial charge on any atom is -0.455 e. The smallest absolute Gasteiger partial charge is 0.143 e. The van der Waals surface area contributed by atoms with E-state index in [2.05, 4.69) is 254 Å². The number of anilines is 6. The maximum atomic E-state index is 6.64. The maximum absolute atomic E-state index is 6.64. The van der Waals surface area contributed by atoms with Gasteiger partial charge in [0.2, 0.25) is 0 Å². The number of para-hydroxylation sites is 4. The van der Waals surface area contributed by atoms with Gasteiger partial charge in [-0.05, 0) is 120 Å². The van der Waals surface area contributed by atoms with Crippen molar-refractivity contribution in [1.29, 1.82) is 0 Å². The van der Waals surface area contributed by atoms with E-state index in [1.165, 1.54) is 11.1 Å². The van der Waals surface area contributed by atoms with Gasteiger partial charge in [-0.15, -0.1) is 0 Å². The topological polar surface area (TPSA) is 32.8 Å². The van der Waals surface area contributed by atoms with Gasteiger partial charge in [-0.2, -0.15) is 0 Å². The van der Waals surface area contributed by atoms with E-state index < -0.39 is 0 Å². The summed E-state index contributed by atoms with van der Waals surface area (Å²) in [6.07, 6.45) is 0. The van der Waals surface area contributed by atoms with Gasteiger partial charge in [0.1, 0.15) is 22.3 Å². The lowest BCUT2D eigenvalue weighted by molar-refractivity contribution is 0.669. The van der Waals surface area contributed by atoms with Crippen molar-refractivity contribution in [2.45, 2.75) is 13.8 Å². The first-order chi connectivity index (χ1) is 35.5. The summed E-state index contributed by atoms with van der Waals surface area (Å²) in [6, 6.07) is 87.8. The van der Waals surface area contributed by atoms with Crippen molar-refractivity contribution >= 4 is 110 Å². The number of hydrogen-bond acceptors (Lipinski definition) is 4. The van der Waals surface area contributed by atoms with E-state index in [9.17, 15) is 0 Å². The summed E-state index contributed by atoms with van der Waals surface area (Å²) in [7, 11) is 0. The molecular weight excluding hydrogens is 877 g/mol. The molecule has 0 amide bonds. The van der Waals surface area contributed by atoms with Crippen LogP contribution in [0.2, 0.25) is 0 Å². The average molecular weight is 923 g/mol. The van der Waals surface area contributed by atoms with E-state index >= 15 is 0 Å². The fraction of sp³-hybridized carbons (Fsp3) is 0.0294. The average Bonchev–Trinajstić information content (AvgIpc) is 4.00. The van der Waals surface area contributed by atoms with Crippen molar-refractivity contribution < 1.29 is 8.83 Å². The van der Waals surface area contributed by atoms with Gasteiger partial charge < -0.3 is 18.6 Å². The first kappa shape index (κ1) is 41.6. The summed E-state index contributed by atoms with van der Waals surface area (Å²) in [6.45, 7) is 4.35. The van der Waals surface area contributed by atoms with Crippen molar-refractivity contribution in [2.75, 3.05) is 9.80 Å². The van der Waals surface area contributed by atoms with E-state index in [1.807, 2.05) is 12.1 Å². The Balaban J connectivity index is 1.05. The Kier molecular flexibility index (Phi) is 9.62. The van der Waals surface area contributed by atoms with Crippen molar-refractivity contribution in [3.8, 4) is 22.3 Å². The highest BCUT2D eigenvalue weighted by Crippen LogP contribution is 2.52. The molecule has 0 aliphatic heterocycles. The molecule has 4 heteroatoms. The van der Waals surface area contributed by atoms with E-state index in [-0.39, 0.29) is 0 Å². The summed E-state index contributed by atoms with van der Waals surface area (Å²) in [5, 5.41) is 11.3. The number of furan rings is 2. The van der Waals surface area contributed by atoms with Crippen LogP contribution in [0.4, 0.5) is 34.1 Å². The highest BCUT2D eigenvalue weighted by molar-refractivity contribution is 6.24. The van der Waals surface area contributed by atoms with Crippen LogP contribution in [0.15, 0.2) is 251 Å². The fourth-order valence-electron chi connectivity index (χ4n) is 11.2. The zero-order chi connectivity index (χ0) is 47.9. The van der Waals surface area contributed by atoms with Crippen LogP contribution < -0.4 is 9.80 Å². The molecule has 0 aliphatic carbocycles. The van der Waals surface area contributed by atoms with Crippen LogP contribution in [0.25, 0.3) is 98.4 Å². The van der Waals surface area contributed by atoms with Crippen LogP contribution in [0, 0.1) is 13.8 Å². The number of aryl methyl sites for hydroxylation is 2. The molecule has 0 spiro atoms. The number of fused-ring (bicyclic) bond motifs is 9. The predicted molar refractivity (Wildman–Crippen MR) is 303 cm³/mol. The molecule has 12 aromatic carbocycles. The molecule has 72 heavy (non-hydrogen) atoms. The number of benzene rings is 12. The van der Waals surface area contributed by atoms with E-state index in [0.29, 0.717) is 0 Å². The molecule has 0 aliphatic rings. The van der Waals surface area contributed by atoms with E-state index in [4.69, 9.17) is 8.83 Å². The Labute approximate surface area is 416 Å². The third-order valence-electron chi connectivity index (χ3n) is 14.4. The molecule has 0 N–H and O–H groups in total. The first-order valence-corrected chi connectivity index (χ1v) is 24.6. The van der Waals surface area contributed by atoms with Gasteiger partial charge in [0, 0.05) is 77.0 Å². The standard InChI is InChI=1S/C68H46N2O2/c1-43-17-11-23-49(37-43)69(51-25-13-21-45(39-51)55-31-15-33-59-57-29-7-9-35-63(57)71-67(55)59)65-53-27-5-3-19-47(53)42-62-61(65)41-48-20-4-6-28-54(48)66(62)70(50-24-12-18-44(2)38-50)52-26-14-22-46(40-52)56-32-16-34-60-58-30-8-10-36-64(58)72-68(56)60/h3-42H,1-2H3. The van der Waals surface area contributed by atoms with Crippen LogP contribution in [0.1, 0.15) is 11.1 Å². The Bertz CT molecular complexity index is 4180. The Morgan fingerprint density at radius 1 is 0.278 bits per heavy atom. The van der Waals surface area contributed by atoms with Gasteiger partial charge in [-0.1, -0.05) is 170 Å². The first-order valence-electron chi connectivity index (χ1n) is 24.6. The molecule has 0 saturated carbocycles. The van der Waals surface area contributed by atoms with Gasteiger partial charge in [0.05, 0.1) is 11.4 Å². The summed E-state index contributed by atoms with van der Waals surface area (Å²) in [5.41, 5.74) is 16.6. The van der Waals surface area contributed by atoms with Crippen LogP contribution >= 0.6 is 0 Å². The lowest BCUT2D eigenvalue weighted by Crippen LogP contribution is -2.14. The molecule has 340 valence electrons. The number of nitrogens with zero attached hydrogens (tertiary/aromatic N) is 2. The fourth-order valence-corrected chi connectivity index (χ4v) is 11.2. The van der Waals surface area contributed by atoms with Crippen molar-refractivity contribution in [1.82, 2.24) is 0 Å². The summed E-state index contributed by atoms with van der Waals surface area (Å²) in [5.74, 6) is 0. The maximum Gasteiger partial charge on any atom is 0.143 e. The molecule has 14 aromatic rings. The van der Waals surface area contributed by atoms with Crippen LogP contribution in [0.3, 0.4) is 0 Å². The Morgan fingerprint density at radius 2 is 0.639 bits per heavy atom.